The summed E-state index contributed by atoms with van der Waals surface area (Å²) < 4.78 is 7.56. The van der Waals surface area contributed by atoms with E-state index in [0.717, 1.165) is 16.7 Å². The van der Waals surface area contributed by atoms with Crippen molar-refractivity contribution in [2.24, 2.45) is 0 Å². The number of hydrogen-bond acceptors (Lipinski definition) is 6. The van der Waals surface area contributed by atoms with Crippen LogP contribution in [0.1, 0.15) is 0 Å². The molecule has 6 heteroatoms. The van der Waals surface area contributed by atoms with Crippen molar-refractivity contribution in [3.63, 3.8) is 0 Å². The van der Waals surface area contributed by atoms with E-state index in [1.54, 1.807) is 0 Å². The quantitative estimate of drug-likeness (QED) is 0.196. The number of fused-ring (bicyclic) bond motifs is 9. The highest BCUT2D eigenvalue weighted by molar-refractivity contribution is 7.26. The predicted molar refractivity (Wildman–Crippen MR) is 195 cm³/mol. The molecule has 4 aromatic heterocycles. The SMILES string of the molecule is c1ccc2c(c1)sc1cc(-c3nc(-c4ccc5c(c4)sc4ccccc45)nc(-c4ccc5c(c4)sc4ccccc45)n3)ccc12. The summed E-state index contributed by atoms with van der Waals surface area (Å²) in [6, 6.07) is 45.5. The van der Waals surface area contributed by atoms with Gasteiger partial charge < -0.3 is 0 Å². The Kier molecular flexibility index (Phi) is 5.49. The molecule has 0 N–H and O–H groups in total. The number of thiophene rings is 3. The lowest BCUT2D eigenvalue weighted by atomic mass is 10.1. The minimum Gasteiger partial charge on any atom is -0.208 e. The van der Waals surface area contributed by atoms with Gasteiger partial charge in [0.1, 0.15) is 0 Å². The standard InChI is InChI=1S/C39H21N3S3/c1-4-10-31-25(7-1)28-16-13-22(19-34(28)43-31)37-40-38(23-14-17-29-26-8-2-5-11-32(26)44-35(29)20-23)42-39(41-37)24-15-18-30-27-9-3-6-12-33(27)45-36(30)21-24/h1-21H. The molecule has 0 unspecified atom stereocenters. The van der Waals surface area contributed by atoms with Crippen LogP contribution in [0.3, 0.4) is 0 Å². The van der Waals surface area contributed by atoms with Crippen molar-refractivity contribution in [2.45, 2.75) is 0 Å². The fourth-order valence-corrected chi connectivity index (χ4v) is 9.79. The summed E-state index contributed by atoms with van der Waals surface area (Å²) in [5.74, 6) is 2.05. The van der Waals surface area contributed by atoms with Gasteiger partial charge in [0, 0.05) is 77.2 Å². The molecule has 0 saturated heterocycles. The van der Waals surface area contributed by atoms with Gasteiger partial charge >= 0.3 is 0 Å². The molecule has 0 fully saturated rings. The van der Waals surface area contributed by atoms with Crippen LogP contribution >= 0.6 is 34.0 Å². The zero-order valence-corrected chi connectivity index (χ0v) is 26.1. The van der Waals surface area contributed by atoms with Crippen LogP contribution in [-0.2, 0) is 0 Å². The molecule has 0 amide bonds. The van der Waals surface area contributed by atoms with Crippen molar-refractivity contribution < 1.29 is 0 Å². The number of nitrogens with zero attached hydrogens (tertiary/aromatic N) is 3. The Morgan fingerprint density at radius 2 is 0.578 bits per heavy atom. The number of hydrogen-bond donors (Lipinski definition) is 0. The lowest BCUT2D eigenvalue weighted by Gasteiger charge is -2.09. The topological polar surface area (TPSA) is 38.7 Å². The van der Waals surface area contributed by atoms with Crippen LogP contribution in [0.4, 0.5) is 0 Å². The first-order valence-electron chi connectivity index (χ1n) is 14.8. The summed E-state index contributed by atoms with van der Waals surface area (Å²) in [6.45, 7) is 0. The Labute approximate surface area is 269 Å². The third-order valence-electron chi connectivity index (χ3n) is 8.55. The monoisotopic (exact) mass is 627 g/mol. The minimum absolute atomic E-state index is 0.683. The van der Waals surface area contributed by atoms with E-state index in [1.165, 1.54) is 60.5 Å². The largest absolute Gasteiger partial charge is 0.208 e. The molecule has 0 aliphatic carbocycles. The zero-order chi connectivity index (χ0) is 29.5. The molecule has 0 atom stereocenters. The number of rotatable bonds is 3. The van der Waals surface area contributed by atoms with Crippen molar-refractivity contribution in [1.29, 1.82) is 0 Å². The van der Waals surface area contributed by atoms with Crippen LogP contribution in [0, 0.1) is 0 Å². The van der Waals surface area contributed by atoms with Crippen LogP contribution in [0.5, 0.6) is 0 Å². The smallest absolute Gasteiger partial charge is 0.164 e. The Balaban J connectivity index is 1.18. The molecule has 210 valence electrons. The van der Waals surface area contributed by atoms with Crippen molar-refractivity contribution in [2.75, 3.05) is 0 Å². The van der Waals surface area contributed by atoms with Gasteiger partial charge in [-0.3, -0.25) is 0 Å². The molecule has 0 aliphatic rings. The first-order valence-corrected chi connectivity index (χ1v) is 17.2. The van der Waals surface area contributed by atoms with Crippen LogP contribution < -0.4 is 0 Å². The molecular formula is C39H21N3S3. The van der Waals surface area contributed by atoms with Crippen molar-refractivity contribution in [1.82, 2.24) is 15.0 Å². The fraction of sp³-hybridized carbons (Fsp3) is 0. The third kappa shape index (κ3) is 4.03. The normalized spacial score (nSPS) is 12.0. The highest BCUT2D eigenvalue weighted by Crippen LogP contribution is 2.39. The highest BCUT2D eigenvalue weighted by atomic mass is 32.1. The van der Waals surface area contributed by atoms with E-state index in [0.29, 0.717) is 17.5 Å². The maximum Gasteiger partial charge on any atom is 0.164 e. The maximum absolute atomic E-state index is 5.11. The second-order valence-corrected chi connectivity index (χ2v) is 14.5. The van der Waals surface area contributed by atoms with E-state index in [4.69, 9.17) is 15.0 Å². The Hall–Kier alpha value is -5.01. The molecule has 0 aliphatic heterocycles. The Morgan fingerprint density at radius 1 is 0.289 bits per heavy atom. The minimum atomic E-state index is 0.683. The number of benzene rings is 6. The van der Waals surface area contributed by atoms with Crippen LogP contribution in [0.15, 0.2) is 127 Å². The lowest BCUT2D eigenvalue weighted by molar-refractivity contribution is 1.08. The molecule has 45 heavy (non-hydrogen) atoms. The molecule has 6 aromatic carbocycles. The third-order valence-corrected chi connectivity index (χ3v) is 11.9. The molecule has 3 nitrogen and oxygen atoms in total. The highest BCUT2D eigenvalue weighted by Gasteiger charge is 2.16. The first kappa shape index (κ1) is 25.3. The van der Waals surface area contributed by atoms with Gasteiger partial charge in [0.25, 0.3) is 0 Å². The van der Waals surface area contributed by atoms with E-state index in [1.807, 2.05) is 34.0 Å². The van der Waals surface area contributed by atoms with Crippen LogP contribution in [0.2, 0.25) is 0 Å². The second-order valence-electron chi connectivity index (χ2n) is 11.2. The van der Waals surface area contributed by atoms with Crippen molar-refractivity contribution >= 4 is 94.5 Å². The van der Waals surface area contributed by atoms with Crippen LogP contribution in [-0.4, -0.2) is 15.0 Å². The lowest BCUT2D eigenvalue weighted by Crippen LogP contribution is -2.00. The first-order chi connectivity index (χ1) is 22.2. The summed E-state index contributed by atoms with van der Waals surface area (Å²) in [5.41, 5.74) is 2.97. The molecule has 0 saturated carbocycles. The second kappa shape index (κ2) is 9.74. The predicted octanol–water partition coefficient (Wildman–Crippen LogP) is 12.0. The van der Waals surface area contributed by atoms with Gasteiger partial charge in [-0.2, -0.15) is 0 Å². The van der Waals surface area contributed by atoms with Crippen molar-refractivity contribution in [3.05, 3.63) is 127 Å². The molecule has 4 heterocycles. The van der Waals surface area contributed by atoms with E-state index in [9.17, 15) is 0 Å². The average molecular weight is 628 g/mol. The van der Waals surface area contributed by atoms with E-state index < -0.39 is 0 Å². The molecule has 0 radical (unpaired) electrons. The summed E-state index contributed by atoms with van der Waals surface area (Å²) in [4.78, 5) is 15.3. The maximum atomic E-state index is 5.11. The average Bonchev–Trinajstić information content (AvgIpc) is 3.78. The Morgan fingerprint density at radius 3 is 0.911 bits per heavy atom. The van der Waals surface area contributed by atoms with Gasteiger partial charge in [-0.15, -0.1) is 34.0 Å². The molecule has 10 aromatic rings. The number of aromatic nitrogens is 3. The molecule has 10 rings (SSSR count). The van der Waals surface area contributed by atoms with E-state index >= 15 is 0 Å². The van der Waals surface area contributed by atoms with Gasteiger partial charge in [0.05, 0.1) is 0 Å². The van der Waals surface area contributed by atoms with Crippen LogP contribution in [0.25, 0.3) is 94.7 Å². The summed E-state index contributed by atoms with van der Waals surface area (Å²) in [5, 5.41) is 7.65. The van der Waals surface area contributed by atoms with Crippen molar-refractivity contribution in [3.8, 4) is 34.2 Å². The van der Waals surface area contributed by atoms with Gasteiger partial charge in [0.2, 0.25) is 0 Å². The molecule has 0 bridgehead atoms. The summed E-state index contributed by atoms with van der Waals surface area (Å²) in [7, 11) is 0. The fourth-order valence-electron chi connectivity index (χ4n) is 6.36. The van der Waals surface area contributed by atoms with Gasteiger partial charge in [-0.1, -0.05) is 91.0 Å². The van der Waals surface area contributed by atoms with Gasteiger partial charge in [0.15, 0.2) is 17.5 Å². The molecular weight excluding hydrogens is 607 g/mol. The van der Waals surface area contributed by atoms with Gasteiger partial charge in [-0.05, 0) is 36.4 Å². The summed E-state index contributed by atoms with van der Waals surface area (Å²) >= 11 is 5.43. The van der Waals surface area contributed by atoms with E-state index in [2.05, 4.69) is 127 Å². The zero-order valence-electron chi connectivity index (χ0n) is 23.7. The van der Waals surface area contributed by atoms with E-state index in [-0.39, 0.29) is 0 Å². The Bertz CT molecular complexity index is 2470. The summed E-state index contributed by atoms with van der Waals surface area (Å²) in [6.07, 6.45) is 0. The van der Waals surface area contributed by atoms with Gasteiger partial charge in [-0.25, -0.2) is 15.0 Å². The molecule has 0 spiro atoms.